The minimum absolute atomic E-state index is 0. The molecule has 0 radical (unpaired) electrons. The number of alkyl halides is 3. The Hall–Kier alpha value is -0.490. The van der Waals surface area contributed by atoms with E-state index in [1.165, 1.54) is 4.90 Å². The molecule has 1 rings (SSSR count). The van der Waals surface area contributed by atoms with Crippen molar-refractivity contribution in [3.63, 3.8) is 0 Å². The first-order chi connectivity index (χ1) is 7.40. The van der Waals surface area contributed by atoms with Crippen molar-refractivity contribution < 1.29 is 18.0 Å². The van der Waals surface area contributed by atoms with E-state index >= 15 is 0 Å². The van der Waals surface area contributed by atoms with Crippen molar-refractivity contribution in [3.05, 3.63) is 0 Å². The Morgan fingerprint density at radius 2 is 1.88 bits per heavy atom. The molecule has 1 heterocycles. The zero-order valence-electron chi connectivity index (χ0n) is 9.72. The molecule has 17 heavy (non-hydrogen) atoms. The van der Waals surface area contributed by atoms with E-state index < -0.39 is 24.9 Å². The van der Waals surface area contributed by atoms with Gasteiger partial charge in [-0.1, -0.05) is 0 Å². The summed E-state index contributed by atoms with van der Waals surface area (Å²) in [5.74, 6) is -0.413. The van der Waals surface area contributed by atoms with Gasteiger partial charge in [-0.2, -0.15) is 13.2 Å². The summed E-state index contributed by atoms with van der Waals surface area (Å²) in [5, 5.41) is 3.15. The Morgan fingerprint density at radius 3 is 2.35 bits per heavy atom. The maximum Gasteiger partial charge on any atom is 0.389 e. The van der Waals surface area contributed by atoms with Crippen molar-refractivity contribution in [1.82, 2.24) is 10.2 Å². The van der Waals surface area contributed by atoms with Crippen LogP contribution in [0.5, 0.6) is 0 Å². The van der Waals surface area contributed by atoms with E-state index in [2.05, 4.69) is 5.32 Å². The highest BCUT2D eigenvalue weighted by Gasteiger charge is 2.30. The molecule has 3 nitrogen and oxygen atoms in total. The predicted molar refractivity (Wildman–Crippen MR) is 61.2 cm³/mol. The number of carbonyl (C=O) groups excluding carboxylic acids is 1. The number of nitrogens with zero attached hydrogens (tertiary/aromatic N) is 1. The number of rotatable bonds is 3. The maximum atomic E-state index is 11.9. The zero-order valence-corrected chi connectivity index (χ0v) is 10.5. The monoisotopic (exact) mass is 274 g/mol. The van der Waals surface area contributed by atoms with Gasteiger partial charge in [0, 0.05) is 19.5 Å². The van der Waals surface area contributed by atoms with Crippen molar-refractivity contribution in [1.29, 1.82) is 0 Å². The van der Waals surface area contributed by atoms with Crippen molar-refractivity contribution >= 4 is 18.3 Å². The van der Waals surface area contributed by atoms with Crippen LogP contribution in [0.25, 0.3) is 0 Å². The fourth-order valence-corrected chi connectivity index (χ4v) is 1.82. The SMILES string of the molecule is CN(C(=O)CCC(F)(F)F)C1CCNCC1.Cl. The smallest absolute Gasteiger partial charge is 0.343 e. The van der Waals surface area contributed by atoms with Gasteiger partial charge < -0.3 is 10.2 Å². The molecule has 1 amide bonds. The summed E-state index contributed by atoms with van der Waals surface area (Å²) >= 11 is 0. The second-order valence-corrected chi connectivity index (χ2v) is 4.10. The lowest BCUT2D eigenvalue weighted by molar-refractivity contribution is -0.149. The Morgan fingerprint density at radius 1 is 1.35 bits per heavy atom. The molecule has 0 aromatic rings. The molecule has 1 aliphatic heterocycles. The van der Waals surface area contributed by atoms with Crippen LogP contribution in [-0.2, 0) is 4.79 Å². The minimum atomic E-state index is -4.25. The summed E-state index contributed by atoms with van der Waals surface area (Å²) in [5.41, 5.74) is 0. The third-order valence-electron chi connectivity index (χ3n) is 2.87. The largest absolute Gasteiger partial charge is 0.389 e. The predicted octanol–water partition coefficient (Wildman–Crippen LogP) is 1.96. The molecule has 1 N–H and O–H groups in total. The van der Waals surface area contributed by atoms with Gasteiger partial charge in [-0.05, 0) is 25.9 Å². The molecule has 0 aromatic heterocycles. The van der Waals surface area contributed by atoms with E-state index in [0.717, 1.165) is 25.9 Å². The van der Waals surface area contributed by atoms with Gasteiger partial charge in [-0.15, -0.1) is 12.4 Å². The second-order valence-electron chi connectivity index (χ2n) is 4.10. The first kappa shape index (κ1) is 16.5. The molecule has 0 spiro atoms. The lowest BCUT2D eigenvalue weighted by atomic mass is 10.0. The van der Waals surface area contributed by atoms with Crippen LogP contribution in [-0.4, -0.2) is 43.2 Å². The highest BCUT2D eigenvalue weighted by molar-refractivity contribution is 5.85. The molecule has 1 saturated heterocycles. The molecular formula is C10H18ClF3N2O. The quantitative estimate of drug-likeness (QED) is 0.853. The van der Waals surface area contributed by atoms with Crippen LogP contribution in [0.2, 0.25) is 0 Å². The highest BCUT2D eigenvalue weighted by Crippen LogP contribution is 2.22. The fourth-order valence-electron chi connectivity index (χ4n) is 1.82. The van der Waals surface area contributed by atoms with Crippen LogP contribution in [0.4, 0.5) is 13.2 Å². The van der Waals surface area contributed by atoms with Gasteiger partial charge in [0.2, 0.25) is 5.91 Å². The topological polar surface area (TPSA) is 32.3 Å². The van der Waals surface area contributed by atoms with Crippen molar-refractivity contribution in [2.75, 3.05) is 20.1 Å². The van der Waals surface area contributed by atoms with Crippen LogP contribution >= 0.6 is 12.4 Å². The van der Waals surface area contributed by atoms with Gasteiger partial charge in [0.05, 0.1) is 6.42 Å². The maximum absolute atomic E-state index is 11.9. The second kappa shape index (κ2) is 7.06. The summed E-state index contributed by atoms with van der Waals surface area (Å²) in [7, 11) is 1.59. The van der Waals surface area contributed by atoms with Gasteiger partial charge >= 0.3 is 6.18 Å². The molecule has 102 valence electrons. The zero-order chi connectivity index (χ0) is 12.2. The van der Waals surface area contributed by atoms with Gasteiger partial charge in [0.25, 0.3) is 0 Å². The average Bonchev–Trinajstić information content (AvgIpc) is 2.25. The number of nitrogens with one attached hydrogen (secondary N) is 1. The summed E-state index contributed by atoms with van der Waals surface area (Å²) in [4.78, 5) is 13.0. The Bertz CT molecular complexity index is 242. The number of halogens is 4. The Balaban J connectivity index is 0.00000256. The van der Waals surface area contributed by atoms with Crippen molar-refractivity contribution in [2.24, 2.45) is 0 Å². The molecule has 0 aromatic carbocycles. The molecule has 0 atom stereocenters. The first-order valence-corrected chi connectivity index (χ1v) is 5.43. The lowest BCUT2D eigenvalue weighted by Gasteiger charge is -2.31. The number of piperidine rings is 1. The first-order valence-electron chi connectivity index (χ1n) is 5.43. The minimum Gasteiger partial charge on any atom is -0.343 e. The van der Waals surface area contributed by atoms with Gasteiger partial charge in [0.15, 0.2) is 0 Å². The molecule has 1 fully saturated rings. The number of carbonyl (C=O) groups is 1. The molecule has 0 saturated carbocycles. The van der Waals surface area contributed by atoms with E-state index in [1.807, 2.05) is 0 Å². The van der Waals surface area contributed by atoms with Crippen LogP contribution in [0, 0.1) is 0 Å². The van der Waals surface area contributed by atoms with Gasteiger partial charge in [-0.25, -0.2) is 0 Å². The Kier molecular flexibility index (Phi) is 6.85. The van der Waals surface area contributed by atoms with E-state index in [-0.39, 0.29) is 18.4 Å². The molecule has 1 aliphatic rings. The molecule has 0 aliphatic carbocycles. The summed E-state index contributed by atoms with van der Waals surface area (Å²) in [6.07, 6.45) is -4.09. The fraction of sp³-hybridized carbons (Fsp3) is 0.900. The number of amides is 1. The van der Waals surface area contributed by atoms with E-state index in [1.54, 1.807) is 7.05 Å². The van der Waals surface area contributed by atoms with Crippen molar-refractivity contribution in [2.45, 2.75) is 37.9 Å². The molecule has 7 heteroatoms. The summed E-state index contributed by atoms with van der Waals surface area (Å²) in [6.45, 7) is 1.64. The van der Waals surface area contributed by atoms with E-state index in [9.17, 15) is 18.0 Å². The summed E-state index contributed by atoms with van der Waals surface area (Å²) in [6, 6.07) is 0.0852. The van der Waals surface area contributed by atoms with Gasteiger partial charge in [-0.3, -0.25) is 4.79 Å². The van der Waals surface area contributed by atoms with Crippen LogP contribution in [0.1, 0.15) is 25.7 Å². The standard InChI is InChI=1S/C10H17F3N2O.ClH/c1-15(8-3-6-14-7-4-8)9(16)2-5-10(11,12)13;/h8,14H,2-7H2,1H3;1H. The average molecular weight is 275 g/mol. The van der Waals surface area contributed by atoms with Crippen molar-refractivity contribution in [3.8, 4) is 0 Å². The third kappa shape index (κ3) is 6.12. The van der Waals surface area contributed by atoms with Crippen LogP contribution in [0.3, 0.4) is 0 Å². The van der Waals surface area contributed by atoms with E-state index in [0.29, 0.717) is 0 Å². The molecule has 0 unspecified atom stereocenters. The molecule has 0 bridgehead atoms. The number of hydrogen-bond acceptors (Lipinski definition) is 2. The number of hydrogen-bond donors (Lipinski definition) is 1. The third-order valence-corrected chi connectivity index (χ3v) is 2.87. The van der Waals surface area contributed by atoms with Crippen LogP contribution in [0.15, 0.2) is 0 Å². The van der Waals surface area contributed by atoms with E-state index in [4.69, 9.17) is 0 Å². The van der Waals surface area contributed by atoms with Crippen LogP contribution < -0.4 is 5.32 Å². The molecular weight excluding hydrogens is 257 g/mol. The summed E-state index contributed by atoms with van der Waals surface area (Å²) < 4.78 is 35.8. The normalized spacial score (nSPS) is 17.4. The lowest BCUT2D eigenvalue weighted by Crippen LogP contribution is -2.44. The highest BCUT2D eigenvalue weighted by atomic mass is 35.5. The Labute approximate surface area is 105 Å². The van der Waals surface area contributed by atoms with Gasteiger partial charge in [0.1, 0.15) is 0 Å².